The minimum absolute atomic E-state index is 0.551. The van der Waals surface area contributed by atoms with Gasteiger partial charge in [0.1, 0.15) is 9.79 Å². The van der Waals surface area contributed by atoms with Gasteiger partial charge < -0.3 is 5.73 Å². The Hall–Kier alpha value is -2.02. The van der Waals surface area contributed by atoms with Crippen LogP contribution in [0.2, 0.25) is 0 Å². The van der Waals surface area contributed by atoms with Crippen LogP contribution in [0.25, 0.3) is 0 Å². The molecule has 1 aromatic rings. The Morgan fingerprint density at radius 2 is 1.55 bits per heavy atom. The molecule has 0 saturated carbocycles. The SMILES string of the molecule is Nc1c(S(=O)(=O)O)cc2c(c1S(=O)(=O)O)C(=O)NC2=O. The third kappa shape index (κ3) is 2.03. The van der Waals surface area contributed by atoms with Crippen LogP contribution in [0.3, 0.4) is 0 Å². The van der Waals surface area contributed by atoms with Crippen molar-refractivity contribution in [1.82, 2.24) is 5.32 Å². The van der Waals surface area contributed by atoms with E-state index in [1.54, 1.807) is 5.32 Å². The average Bonchev–Trinajstić information content (AvgIpc) is 2.50. The summed E-state index contributed by atoms with van der Waals surface area (Å²) in [6.07, 6.45) is 0. The molecule has 0 saturated heterocycles. The van der Waals surface area contributed by atoms with E-state index in [0.29, 0.717) is 6.07 Å². The number of hydrogen-bond donors (Lipinski definition) is 4. The Balaban J connectivity index is 3.08. The number of hydrogen-bond acceptors (Lipinski definition) is 7. The first-order valence-corrected chi connectivity index (χ1v) is 7.59. The second-order valence-corrected chi connectivity index (χ2v) is 6.52. The molecule has 1 heterocycles. The molecular formula is C8H6N2O8S2. The molecule has 2 rings (SSSR count). The van der Waals surface area contributed by atoms with Crippen molar-refractivity contribution in [3.8, 4) is 0 Å². The van der Waals surface area contributed by atoms with Gasteiger partial charge in [-0.15, -0.1) is 0 Å². The number of amides is 2. The number of imide groups is 1. The molecular weight excluding hydrogens is 316 g/mol. The van der Waals surface area contributed by atoms with Crippen LogP contribution in [0.5, 0.6) is 0 Å². The second kappa shape index (κ2) is 3.99. The Bertz CT molecular complexity index is 868. The van der Waals surface area contributed by atoms with Crippen molar-refractivity contribution in [1.29, 1.82) is 0 Å². The predicted molar refractivity (Wildman–Crippen MR) is 62.3 cm³/mol. The molecule has 0 spiro atoms. The van der Waals surface area contributed by atoms with E-state index in [1.165, 1.54) is 0 Å². The molecule has 1 aliphatic rings. The summed E-state index contributed by atoms with van der Waals surface area (Å²) in [4.78, 5) is 20.6. The van der Waals surface area contributed by atoms with Crippen LogP contribution in [0.4, 0.5) is 5.69 Å². The van der Waals surface area contributed by atoms with Crippen molar-refractivity contribution in [2.75, 3.05) is 5.73 Å². The molecule has 0 aromatic heterocycles. The van der Waals surface area contributed by atoms with E-state index in [-0.39, 0.29) is 0 Å². The zero-order chi connectivity index (χ0) is 15.5. The highest BCUT2D eigenvalue weighted by Gasteiger charge is 2.38. The molecule has 0 aliphatic carbocycles. The monoisotopic (exact) mass is 322 g/mol. The van der Waals surface area contributed by atoms with Gasteiger partial charge in [-0.1, -0.05) is 0 Å². The molecule has 0 bridgehead atoms. The highest BCUT2D eigenvalue weighted by atomic mass is 32.2. The summed E-state index contributed by atoms with van der Waals surface area (Å²) in [6, 6.07) is 0.551. The third-order valence-corrected chi connectivity index (χ3v) is 4.35. The number of anilines is 1. The quantitative estimate of drug-likeness (QED) is 0.290. The summed E-state index contributed by atoms with van der Waals surface area (Å²) in [5.41, 5.74) is 2.80. The molecule has 1 aliphatic heterocycles. The van der Waals surface area contributed by atoms with Crippen molar-refractivity contribution in [3.63, 3.8) is 0 Å². The Kier molecular flexibility index (Phi) is 2.87. The van der Waals surface area contributed by atoms with Gasteiger partial charge in [-0.05, 0) is 6.07 Å². The number of fused-ring (bicyclic) bond motifs is 1. The van der Waals surface area contributed by atoms with Crippen molar-refractivity contribution in [3.05, 3.63) is 17.2 Å². The molecule has 0 unspecified atom stereocenters. The van der Waals surface area contributed by atoms with Gasteiger partial charge in [0.05, 0.1) is 16.8 Å². The number of carbonyl (C=O) groups is 2. The number of nitrogen functional groups attached to an aromatic ring is 1. The maximum Gasteiger partial charge on any atom is 0.297 e. The van der Waals surface area contributed by atoms with Gasteiger partial charge >= 0.3 is 0 Å². The van der Waals surface area contributed by atoms with E-state index < -0.39 is 58.7 Å². The maximum absolute atomic E-state index is 11.5. The lowest BCUT2D eigenvalue weighted by atomic mass is 10.1. The summed E-state index contributed by atoms with van der Waals surface area (Å²) in [5, 5.41) is 1.72. The minimum Gasteiger partial charge on any atom is -0.396 e. The molecule has 2 amide bonds. The van der Waals surface area contributed by atoms with Gasteiger partial charge in [0, 0.05) is 0 Å². The van der Waals surface area contributed by atoms with E-state index >= 15 is 0 Å². The van der Waals surface area contributed by atoms with E-state index in [9.17, 15) is 26.4 Å². The topological polar surface area (TPSA) is 181 Å². The normalized spacial score (nSPS) is 15.1. The largest absolute Gasteiger partial charge is 0.396 e. The van der Waals surface area contributed by atoms with Crippen LogP contribution in [-0.2, 0) is 20.2 Å². The number of carbonyl (C=O) groups excluding carboxylic acids is 2. The van der Waals surface area contributed by atoms with Crippen molar-refractivity contribution in [2.45, 2.75) is 9.79 Å². The highest BCUT2D eigenvalue weighted by Crippen LogP contribution is 2.34. The smallest absolute Gasteiger partial charge is 0.297 e. The van der Waals surface area contributed by atoms with Crippen LogP contribution < -0.4 is 11.1 Å². The fourth-order valence-corrected chi connectivity index (χ4v) is 3.33. The van der Waals surface area contributed by atoms with Crippen LogP contribution in [0.1, 0.15) is 20.7 Å². The number of nitrogens with two attached hydrogens (primary N) is 1. The van der Waals surface area contributed by atoms with Gasteiger partial charge in [0.25, 0.3) is 32.1 Å². The van der Waals surface area contributed by atoms with Gasteiger partial charge in [-0.2, -0.15) is 16.8 Å². The van der Waals surface area contributed by atoms with Crippen molar-refractivity contribution in [2.24, 2.45) is 0 Å². The fourth-order valence-electron chi connectivity index (χ4n) is 1.77. The molecule has 20 heavy (non-hydrogen) atoms. The lowest BCUT2D eigenvalue weighted by Gasteiger charge is -2.10. The van der Waals surface area contributed by atoms with E-state index in [1.807, 2.05) is 0 Å². The van der Waals surface area contributed by atoms with E-state index in [4.69, 9.17) is 14.8 Å². The summed E-state index contributed by atoms with van der Waals surface area (Å²) in [7, 11) is -10.1. The number of rotatable bonds is 2. The fraction of sp³-hybridized carbons (Fsp3) is 0. The summed E-state index contributed by atoms with van der Waals surface area (Å²) >= 11 is 0. The standard InChI is InChI=1S/C8H6N2O8S2/c9-5-3(19(13,14)15)1-2-4(6(5)20(16,17)18)8(12)10-7(2)11/h1H,9H2,(H,10,11,12)(H,13,14,15)(H,16,17,18). The Morgan fingerprint density at radius 3 is 2.00 bits per heavy atom. The lowest BCUT2D eigenvalue weighted by Crippen LogP contribution is -2.20. The van der Waals surface area contributed by atoms with Crippen LogP contribution in [0, 0.1) is 0 Å². The predicted octanol–water partition coefficient (Wildman–Crippen LogP) is -1.35. The van der Waals surface area contributed by atoms with Crippen LogP contribution in [-0.4, -0.2) is 37.8 Å². The molecule has 1 aromatic carbocycles. The van der Waals surface area contributed by atoms with Gasteiger partial charge in [0.15, 0.2) is 0 Å². The summed E-state index contributed by atoms with van der Waals surface area (Å²) < 4.78 is 62.7. The third-order valence-electron chi connectivity index (χ3n) is 2.52. The van der Waals surface area contributed by atoms with Gasteiger partial charge in [-0.3, -0.25) is 24.0 Å². The number of nitrogens with one attached hydrogen (secondary N) is 1. The van der Waals surface area contributed by atoms with Crippen molar-refractivity contribution >= 4 is 37.7 Å². The average molecular weight is 322 g/mol. The van der Waals surface area contributed by atoms with Crippen LogP contribution in [0.15, 0.2) is 15.9 Å². The minimum atomic E-state index is -5.11. The number of benzene rings is 1. The Morgan fingerprint density at radius 1 is 1.00 bits per heavy atom. The van der Waals surface area contributed by atoms with Crippen molar-refractivity contribution < 1.29 is 35.5 Å². The second-order valence-electron chi connectivity index (χ2n) is 3.77. The first-order valence-electron chi connectivity index (χ1n) is 4.71. The summed E-state index contributed by atoms with van der Waals surface area (Å²) in [6.45, 7) is 0. The van der Waals surface area contributed by atoms with Gasteiger partial charge in [-0.25, -0.2) is 0 Å². The summed E-state index contributed by atoms with van der Waals surface area (Å²) in [5.74, 6) is -2.24. The maximum atomic E-state index is 11.5. The van der Waals surface area contributed by atoms with E-state index in [0.717, 1.165) is 0 Å². The molecule has 0 atom stereocenters. The molecule has 0 radical (unpaired) electrons. The Labute approximate surface area is 112 Å². The highest BCUT2D eigenvalue weighted by molar-refractivity contribution is 7.87. The van der Waals surface area contributed by atoms with E-state index in [2.05, 4.69) is 0 Å². The molecule has 10 nitrogen and oxygen atoms in total. The molecule has 108 valence electrons. The lowest BCUT2D eigenvalue weighted by molar-refractivity contribution is 0.0878. The molecule has 0 fully saturated rings. The molecule has 12 heteroatoms. The zero-order valence-corrected chi connectivity index (χ0v) is 10.9. The van der Waals surface area contributed by atoms with Gasteiger partial charge in [0.2, 0.25) is 0 Å². The zero-order valence-electron chi connectivity index (χ0n) is 9.32. The first-order chi connectivity index (χ1) is 8.94. The molecule has 5 N–H and O–H groups in total. The van der Waals surface area contributed by atoms with Crippen LogP contribution >= 0.6 is 0 Å². The first kappa shape index (κ1) is 14.4.